The number of ether oxygens (including phenoxy) is 1. The summed E-state index contributed by atoms with van der Waals surface area (Å²) in [7, 11) is 0. The first kappa shape index (κ1) is 14.8. The summed E-state index contributed by atoms with van der Waals surface area (Å²) in [6.45, 7) is 12.5. The molecule has 2 aliphatic heterocycles. The number of nitrogens with zero attached hydrogens (tertiary/aromatic N) is 1. The highest BCUT2D eigenvalue weighted by Crippen LogP contribution is 2.41. The highest BCUT2D eigenvalue weighted by Gasteiger charge is 2.43. The van der Waals surface area contributed by atoms with E-state index in [-0.39, 0.29) is 5.54 Å². The van der Waals surface area contributed by atoms with Gasteiger partial charge in [-0.05, 0) is 64.2 Å². The van der Waals surface area contributed by atoms with E-state index in [1.165, 1.54) is 45.2 Å². The van der Waals surface area contributed by atoms with Crippen LogP contribution in [0.25, 0.3) is 0 Å². The van der Waals surface area contributed by atoms with Gasteiger partial charge in [-0.15, -0.1) is 0 Å². The summed E-state index contributed by atoms with van der Waals surface area (Å²) >= 11 is 0. The molecule has 1 N–H and O–H groups in total. The summed E-state index contributed by atoms with van der Waals surface area (Å²) in [5.74, 6) is 1.01. The van der Waals surface area contributed by atoms with Crippen LogP contribution in [0, 0.1) is 11.3 Å². The molecule has 3 nitrogen and oxygen atoms in total. The smallest absolute Gasteiger partial charge is 0.0472 e. The van der Waals surface area contributed by atoms with Crippen molar-refractivity contribution in [1.29, 1.82) is 0 Å². The maximum absolute atomic E-state index is 5.64. The zero-order valence-electron chi connectivity index (χ0n) is 13.6. The zero-order chi connectivity index (χ0) is 14.2. The van der Waals surface area contributed by atoms with Crippen LogP contribution in [-0.2, 0) is 4.74 Å². The van der Waals surface area contributed by atoms with Gasteiger partial charge in [0.15, 0.2) is 0 Å². The maximum Gasteiger partial charge on any atom is 0.0472 e. The third kappa shape index (κ3) is 3.37. The van der Waals surface area contributed by atoms with Crippen LogP contribution in [0.5, 0.6) is 0 Å². The van der Waals surface area contributed by atoms with Crippen molar-refractivity contribution in [2.24, 2.45) is 11.3 Å². The van der Waals surface area contributed by atoms with E-state index < -0.39 is 0 Å². The average molecular weight is 280 g/mol. The van der Waals surface area contributed by atoms with Crippen LogP contribution in [0.3, 0.4) is 0 Å². The van der Waals surface area contributed by atoms with E-state index in [1.807, 2.05) is 0 Å². The van der Waals surface area contributed by atoms with E-state index in [4.69, 9.17) is 4.74 Å². The fourth-order valence-electron chi connectivity index (χ4n) is 4.30. The normalized spacial score (nSPS) is 33.8. The number of nitrogens with one attached hydrogen (secondary N) is 1. The van der Waals surface area contributed by atoms with Crippen LogP contribution in [0.1, 0.15) is 52.9 Å². The number of hydrogen-bond acceptors (Lipinski definition) is 3. The Hall–Kier alpha value is -0.120. The monoisotopic (exact) mass is 280 g/mol. The topological polar surface area (TPSA) is 24.5 Å². The highest BCUT2D eigenvalue weighted by atomic mass is 16.5. The fourth-order valence-corrected chi connectivity index (χ4v) is 4.30. The first-order chi connectivity index (χ1) is 9.46. The van der Waals surface area contributed by atoms with E-state index in [0.717, 1.165) is 31.7 Å². The Morgan fingerprint density at radius 1 is 1.20 bits per heavy atom. The SMILES string of the molecule is CC(C)(C)NCC1(CN2CC3CCC2C3)CCOCC1. The van der Waals surface area contributed by atoms with E-state index >= 15 is 0 Å². The molecular weight excluding hydrogens is 248 g/mol. The molecule has 0 aromatic carbocycles. The Bertz CT molecular complexity index is 330. The van der Waals surface area contributed by atoms with Crippen LogP contribution in [0.2, 0.25) is 0 Å². The molecule has 0 aromatic heterocycles. The summed E-state index contributed by atoms with van der Waals surface area (Å²) in [4.78, 5) is 2.81. The van der Waals surface area contributed by atoms with Gasteiger partial charge in [0, 0.05) is 44.4 Å². The number of likely N-dealkylation sites (tertiary alicyclic amines) is 1. The molecule has 2 saturated heterocycles. The van der Waals surface area contributed by atoms with Crippen LogP contribution in [0.4, 0.5) is 0 Å². The molecule has 2 heterocycles. The molecule has 0 aromatic rings. The predicted octanol–water partition coefficient (Wildman–Crippen LogP) is 2.66. The van der Waals surface area contributed by atoms with E-state index in [1.54, 1.807) is 0 Å². The molecule has 2 atom stereocenters. The van der Waals surface area contributed by atoms with Gasteiger partial charge < -0.3 is 10.1 Å². The number of hydrogen-bond donors (Lipinski definition) is 1. The lowest BCUT2D eigenvalue weighted by atomic mass is 9.78. The van der Waals surface area contributed by atoms with Crippen molar-refractivity contribution >= 4 is 0 Å². The zero-order valence-corrected chi connectivity index (χ0v) is 13.6. The summed E-state index contributed by atoms with van der Waals surface area (Å²) in [5, 5.41) is 3.77. The molecule has 3 rings (SSSR count). The van der Waals surface area contributed by atoms with Gasteiger partial charge in [0.25, 0.3) is 0 Å². The molecule has 3 heteroatoms. The second-order valence-corrected chi connectivity index (χ2v) is 8.48. The predicted molar refractivity (Wildman–Crippen MR) is 82.9 cm³/mol. The summed E-state index contributed by atoms with van der Waals surface area (Å²) in [6, 6.07) is 0.898. The van der Waals surface area contributed by atoms with Crippen molar-refractivity contribution in [1.82, 2.24) is 10.2 Å². The van der Waals surface area contributed by atoms with Crippen molar-refractivity contribution in [3.05, 3.63) is 0 Å². The van der Waals surface area contributed by atoms with Crippen molar-refractivity contribution in [2.75, 3.05) is 32.8 Å². The molecule has 2 bridgehead atoms. The van der Waals surface area contributed by atoms with E-state index in [9.17, 15) is 0 Å². The lowest BCUT2D eigenvalue weighted by Crippen LogP contribution is -2.52. The lowest BCUT2D eigenvalue weighted by molar-refractivity contribution is -0.0120. The molecule has 0 amide bonds. The number of fused-ring (bicyclic) bond motifs is 2. The number of piperidine rings is 1. The molecule has 2 unspecified atom stereocenters. The Labute approximate surface area is 124 Å². The third-order valence-corrected chi connectivity index (χ3v) is 5.61. The number of rotatable bonds is 4. The molecule has 1 saturated carbocycles. The van der Waals surface area contributed by atoms with Gasteiger partial charge >= 0.3 is 0 Å². The minimum atomic E-state index is 0.218. The van der Waals surface area contributed by atoms with Gasteiger partial charge in [-0.25, -0.2) is 0 Å². The molecule has 3 fully saturated rings. The standard InChI is InChI=1S/C17H32N2O/c1-16(2,3)18-12-17(6-8-20-9-7-17)13-19-11-14-4-5-15(19)10-14/h14-15,18H,4-13H2,1-3H3. The first-order valence-electron chi connectivity index (χ1n) is 8.53. The molecule has 3 aliphatic rings. The Kier molecular flexibility index (Phi) is 4.13. The molecule has 20 heavy (non-hydrogen) atoms. The van der Waals surface area contributed by atoms with Crippen LogP contribution >= 0.6 is 0 Å². The van der Waals surface area contributed by atoms with E-state index in [0.29, 0.717) is 5.41 Å². The Morgan fingerprint density at radius 2 is 1.95 bits per heavy atom. The Morgan fingerprint density at radius 3 is 2.50 bits per heavy atom. The van der Waals surface area contributed by atoms with Gasteiger partial charge in [0.05, 0.1) is 0 Å². The second kappa shape index (κ2) is 5.58. The van der Waals surface area contributed by atoms with Gasteiger partial charge in [-0.3, -0.25) is 4.90 Å². The van der Waals surface area contributed by atoms with Crippen LogP contribution in [-0.4, -0.2) is 49.3 Å². The fraction of sp³-hybridized carbons (Fsp3) is 1.00. The van der Waals surface area contributed by atoms with Crippen LogP contribution < -0.4 is 5.32 Å². The summed E-state index contributed by atoms with van der Waals surface area (Å²) in [6.07, 6.45) is 6.86. The lowest BCUT2D eigenvalue weighted by Gasteiger charge is -2.44. The van der Waals surface area contributed by atoms with Crippen molar-refractivity contribution in [3.8, 4) is 0 Å². The van der Waals surface area contributed by atoms with Crippen molar-refractivity contribution < 1.29 is 4.74 Å². The molecule has 0 radical (unpaired) electrons. The molecule has 1 aliphatic carbocycles. The molecule has 0 spiro atoms. The average Bonchev–Trinajstić information content (AvgIpc) is 2.99. The van der Waals surface area contributed by atoms with Gasteiger partial charge in [-0.1, -0.05) is 0 Å². The van der Waals surface area contributed by atoms with Crippen molar-refractivity contribution in [3.63, 3.8) is 0 Å². The largest absolute Gasteiger partial charge is 0.381 e. The van der Waals surface area contributed by atoms with Gasteiger partial charge in [-0.2, -0.15) is 0 Å². The summed E-state index contributed by atoms with van der Waals surface area (Å²) < 4.78 is 5.64. The Balaban J connectivity index is 1.63. The minimum Gasteiger partial charge on any atom is -0.381 e. The molecule has 116 valence electrons. The first-order valence-corrected chi connectivity index (χ1v) is 8.53. The van der Waals surface area contributed by atoms with Crippen LogP contribution in [0.15, 0.2) is 0 Å². The maximum atomic E-state index is 5.64. The van der Waals surface area contributed by atoms with Crippen molar-refractivity contribution in [2.45, 2.75) is 64.5 Å². The quantitative estimate of drug-likeness (QED) is 0.857. The van der Waals surface area contributed by atoms with Gasteiger partial charge in [0.1, 0.15) is 0 Å². The highest BCUT2D eigenvalue weighted by molar-refractivity contribution is 4.97. The molecular formula is C17H32N2O. The summed E-state index contributed by atoms with van der Waals surface area (Å²) in [5.41, 5.74) is 0.658. The van der Waals surface area contributed by atoms with Gasteiger partial charge in [0.2, 0.25) is 0 Å². The van der Waals surface area contributed by atoms with E-state index in [2.05, 4.69) is 31.0 Å². The second-order valence-electron chi connectivity index (χ2n) is 8.48. The minimum absolute atomic E-state index is 0.218. The third-order valence-electron chi connectivity index (χ3n) is 5.61.